The number of anilines is 1. The van der Waals surface area contributed by atoms with Crippen LogP contribution in [-0.4, -0.2) is 33.9 Å². The van der Waals surface area contributed by atoms with Crippen molar-refractivity contribution in [2.75, 3.05) is 18.5 Å². The second-order valence-corrected chi connectivity index (χ2v) is 6.00. The van der Waals surface area contributed by atoms with E-state index in [4.69, 9.17) is 9.47 Å². The van der Waals surface area contributed by atoms with Gasteiger partial charge in [-0.05, 0) is 48.9 Å². The van der Waals surface area contributed by atoms with Gasteiger partial charge in [-0.15, -0.1) is 10.2 Å². The minimum Gasteiger partial charge on any atom is -0.438 e. The predicted molar refractivity (Wildman–Crippen MR) is 95.4 cm³/mol. The molecule has 1 fully saturated rings. The number of rotatable bonds is 5. The van der Waals surface area contributed by atoms with Crippen molar-refractivity contribution in [3.05, 3.63) is 60.9 Å². The summed E-state index contributed by atoms with van der Waals surface area (Å²) in [5, 5.41) is 11.1. The van der Waals surface area contributed by atoms with E-state index < -0.39 is 0 Å². The van der Waals surface area contributed by atoms with Gasteiger partial charge < -0.3 is 19.4 Å². The molecule has 1 aliphatic rings. The van der Waals surface area contributed by atoms with Gasteiger partial charge in [-0.25, -0.2) is 0 Å². The number of hydrogen-bond acceptors (Lipinski definition) is 5. The van der Waals surface area contributed by atoms with Gasteiger partial charge in [-0.2, -0.15) is 0 Å². The number of hydrogen-bond donors (Lipinski definition) is 1. The zero-order chi connectivity index (χ0) is 17.8. The summed E-state index contributed by atoms with van der Waals surface area (Å²) >= 11 is 0. The third-order valence-corrected chi connectivity index (χ3v) is 4.14. The average molecular weight is 350 g/mol. The maximum atomic E-state index is 12.1. The normalized spacial score (nSPS) is 16.4. The summed E-state index contributed by atoms with van der Waals surface area (Å²) in [6.07, 6.45) is 4.56. The van der Waals surface area contributed by atoms with Crippen LogP contribution in [0, 0.1) is 5.92 Å². The van der Waals surface area contributed by atoms with Crippen LogP contribution < -0.4 is 10.1 Å². The van der Waals surface area contributed by atoms with Gasteiger partial charge in [0.05, 0.1) is 12.5 Å². The van der Waals surface area contributed by atoms with Gasteiger partial charge in [0, 0.05) is 30.8 Å². The molecular weight excluding hydrogens is 332 g/mol. The molecule has 4 rings (SSSR count). The Morgan fingerprint density at radius 3 is 2.58 bits per heavy atom. The lowest BCUT2D eigenvalue weighted by atomic mass is 10.1. The summed E-state index contributed by atoms with van der Waals surface area (Å²) in [4.78, 5) is 12.1. The Bertz CT molecular complexity index is 855. The van der Waals surface area contributed by atoms with Crippen molar-refractivity contribution in [1.82, 2.24) is 14.8 Å². The summed E-state index contributed by atoms with van der Waals surface area (Å²) in [7, 11) is 0. The number of carbonyl (C=O) groups is 1. The predicted octanol–water partition coefficient (Wildman–Crippen LogP) is 3.03. The second-order valence-electron chi connectivity index (χ2n) is 6.00. The maximum absolute atomic E-state index is 12.1. The third kappa shape index (κ3) is 3.73. The number of nitrogens with zero attached hydrogens (tertiary/aromatic N) is 3. The summed E-state index contributed by atoms with van der Waals surface area (Å²) in [5.74, 6) is 1.66. The number of carbonyl (C=O) groups excluding carboxylic acids is 1. The summed E-state index contributed by atoms with van der Waals surface area (Å²) < 4.78 is 12.8. The zero-order valence-electron chi connectivity index (χ0n) is 14.0. The highest BCUT2D eigenvalue weighted by Gasteiger charge is 2.23. The molecule has 0 spiro atoms. The molecule has 0 aliphatic carbocycles. The van der Waals surface area contributed by atoms with Crippen molar-refractivity contribution in [2.24, 2.45) is 5.92 Å². The Labute approximate surface area is 150 Å². The summed E-state index contributed by atoms with van der Waals surface area (Å²) in [6, 6.07) is 14.6. The molecule has 0 bridgehead atoms. The molecule has 1 saturated heterocycles. The van der Waals surface area contributed by atoms with E-state index >= 15 is 0 Å². The molecule has 1 amide bonds. The van der Waals surface area contributed by atoms with Gasteiger partial charge in [-0.1, -0.05) is 0 Å². The maximum Gasteiger partial charge on any atom is 0.238 e. The molecule has 7 nitrogen and oxygen atoms in total. The molecule has 1 N–H and O–H groups in total. The van der Waals surface area contributed by atoms with E-state index in [1.807, 2.05) is 35.2 Å². The Balaban J connectivity index is 1.37. The molecule has 1 aromatic carbocycles. The van der Waals surface area contributed by atoms with Gasteiger partial charge in [0.2, 0.25) is 11.8 Å². The molecule has 26 heavy (non-hydrogen) atoms. The summed E-state index contributed by atoms with van der Waals surface area (Å²) in [5.41, 5.74) is 0.725. The smallest absolute Gasteiger partial charge is 0.238 e. The molecule has 1 aliphatic heterocycles. The Morgan fingerprint density at radius 1 is 1.12 bits per heavy atom. The first kappa shape index (κ1) is 16.3. The van der Waals surface area contributed by atoms with Gasteiger partial charge >= 0.3 is 0 Å². The lowest BCUT2D eigenvalue weighted by Gasteiger charge is -2.10. The first-order chi connectivity index (χ1) is 12.8. The van der Waals surface area contributed by atoms with Crippen LogP contribution in [0.25, 0.3) is 5.82 Å². The van der Waals surface area contributed by atoms with Crippen LogP contribution in [0.5, 0.6) is 11.6 Å². The fourth-order valence-electron chi connectivity index (χ4n) is 2.71. The van der Waals surface area contributed by atoms with Crippen LogP contribution >= 0.6 is 0 Å². The molecule has 3 aromatic rings. The van der Waals surface area contributed by atoms with E-state index in [0.29, 0.717) is 24.8 Å². The van der Waals surface area contributed by atoms with Crippen LogP contribution in [0.2, 0.25) is 0 Å². The Hall–Kier alpha value is -3.19. The van der Waals surface area contributed by atoms with Gasteiger partial charge in [-0.3, -0.25) is 4.79 Å². The van der Waals surface area contributed by atoms with Crippen LogP contribution in [0.4, 0.5) is 5.69 Å². The number of ether oxygens (including phenoxy) is 2. The van der Waals surface area contributed by atoms with E-state index in [1.165, 1.54) is 0 Å². The average Bonchev–Trinajstić information content (AvgIpc) is 3.38. The SMILES string of the molecule is O=C(Nc1ccc(Oc2ccc(-n3cccc3)nn2)cc1)C1CCOC1. The molecule has 0 radical (unpaired) electrons. The van der Waals surface area contributed by atoms with Crippen molar-refractivity contribution in [3.63, 3.8) is 0 Å². The Kier molecular flexibility index (Phi) is 4.61. The van der Waals surface area contributed by atoms with Gasteiger partial charge in [0.25, 0.3) is 0 Å². The zero-order valence-corrected chi connectivity index (χ0v) is 14.0. The van der Waals surface area contributed by atoms with Crippen LogP contribution in [0.1, 0.15) is 6.42 Å². The van der Waals surface area contributed by atoms with Crippen molar-refractivity contribution >= 4 is 11.6 Å². The van der Waals surface area contributed by atoms with Crippen molar-refractivity contribution < 1.29 is 14.3 Å². The minimum absolute atomic E-state index is 0.0114. The molecule has 0 saturated carbocycles. The number of nitrogens with one attached hydrogen (secondary N) is 1. The highest BCUT2D eigenvalue weighted by Crippen LogP contribution is 2.22. The Morgan fingerprint density at radius 2 is 1.92 bits per heavy atom. The lowest BCUT2D eigenvalue weighted by molar-refractivity contribution is -0.119. The van der Waals surface area contributed by atoms with E-state index in [9.17, 15) is 4.79 Å². The molecule has 2 aromatic heterocycles. The lowest BCUT2D eigenvalue weighted by Crippen LogP contribution is -2.22. The topological polar surface area (TPSA) is 78.3 Å². The number of benzene rings is 1. The molecule has 132 valence electrons. The van der Waals surface area contributed by atoms with E-state index in [2.05, 4.69) is 15.5 Å². The first-order valence-corrected chi connectivity index (χ1v) is 8.41. The standard InChI is InChI=1S/C19H18N4O3/c24-19(14-9-12-25-13-14)20-15-3-5-16(6-4-15)26-18-8-7-17(21-22-18)23-10-1-2-11-23/h1-8,10-11,14H,9,12-13H2,(H,20,24). The van der Waals surface area contributed by atoms with E-state index in [-0.39, 0.29) is 11.8 Å². The van der Waals surface area contributed by atoms with Crippen LogP contribution in [0.15, 0.2) is 60.9 Å². The van der Waals surface area contributed by atoms with Crippen molar-refractivity contribution in [2.45, 2.75) is 6.42 Å². The van der Waals surface area contributed by atoms with Crippen LogP contribution in [-0.2, 0) is 9.53 Å². The summed E-state index contributed by atoms with van der Waals surface area (Å²) in [6.45, 7) is 1.14. The second kappa shape index (κ2) is 7.37. The fourth-order valence-corrected chi connectivity index (χ4v) is 2.71. The number of aromatic nitrogens is 3. The van der Waals surface area contributed by atoms with Crippen molar-refractivity contribution in [1.29, 1.82) is 0 Å². The highest BCUT2D eigenvalue weighted by atomic mass is 16.5. The van der Waals surface area contributed by atoms with Gasteiger partial charge in [0.1, 0.15) is 5.75 Å². The molecule has 1 unspecified atom stereocenters. The third-order valence-electron chi connectivity index (χ3n) is 4.14. The molecule has 3 heterocycles. The first-order valence-electron chi connectivity index (χ1n) is 8.41. The van der Waals surface area contributed by atoms with E-state index in [1.54, 1.807) is 30.3 Å². The quantitative estimate of drug-likeness (QED) is 0.765. The highest BCUT2D eigenvalue weighted by molar-refractivity contribution is 5.92. The monoisotopic (exact) mass is 350 g/mol. The molecule has 1 atom stereocenters. The van der Waals surface area contributed by atoms with Gasteiger partial charge in [0.15, 0.2) is 5.82 Å². The largest absolute Gasteiger partial charge is 0.438 e. The van der Waals surface area contributed by atoms with Crippen LogP contribution in [0.3, 0.4) is 0 Å². The molecule has 7 heteroatoms. The number of amides is 1. The molecular formula is C19H18N4O3. The van der Waals surface area contributed by atoms with Crippen molar-refractivity contribution in [3.8, 4) is 17.4 Å². The van der Waals surface area contributed by atoms with E-state index in [0.717, 1.165) is 17.9 Å². The minimum atomic E-state index is -0.0694. The fraction of sp³-hybridized carbons (Fsp3) is 0.211.